The van der Waals surface area contributed by atoms with Crippen molar-refractivity contribution in [1.29, 1.82) is 5.41 Å². The van der Waals surface area contributed by atoms with Gasteiger partial charge in [-0.3, -0.25) is 5.41 Å². The molecule has 0 aliphatic carbocycles. The number of aryl methyl sites for hydroxylation is 1. The Kier molecular flexibility index (Phi) is 5.07. The third-order valence-electron chi connectivity index (χ3n) is 4.55. The number of hydrogen-bond donors (Lipinski definition) is 1. The van der Waals surface area contributed by atoms with Crippen molar-refractivity contribution in [2.75, 3.05) is 0 Å². The lowest BCUT2D eigenvalue weighted by atomic mass is 10.1. The van der Waals surface area contributed by atoms with Gasteiger partial charge in [-0.15, -0.1) is 0 Å². The number of halogens is 1. The maximum Gasteiger partial charge on any atom is 0.168 e. The zero-order chi connectivity index (χ0) is 19.7. The number of nitrogens with one attached hydrogen (secondary N) is 1. The van der Waals surface area contributed by atoms with Crippen LogP contribution in [0.4, 0.5) is 0 Å². The molecule has 0 saturated carbocycles. The first-order chi connectivity index (χ1) is 13.5. The first kappa shape index (κ1) is 18.5. The Morgan fingerprint density at radius 1 is 1.18 bits per heavy atom. The molecule has 2 aromatic carbocycles. The monoisotopic (exact) mass is 407 g/mol. The van der Waals surface area contributed by atoms with E-state index in [1.54, 1.807) is 21.8 Å². The standard InChI is InChI=1S/C21H18ClN5S/c1-14-7-8-15(19(22)9-14)10-17(28)12-26-13-24-21-18(20(26)23)11-25-27(21)16-5-3-2-4-6-16/h2-9,11,13,23H,10,12H2,1H3. The molecule has 2 aromatic heterocycles. The Labute approximate surface area is 172 Å². The van der Waals surface area contributed by atoms with Crippen LogP contribution in [0.25, 0.3) is 16.7 Å². The second kappa shape index (κ2) is 7.66. The van der Waals surface area contributed by atoms with Crippen LogP contribution < -0.4 is 5.49 Å². The number of nitrogens with zero attached hydrogens (tertiary/aromatic N) is 4. The molecule has 0 aliphatic heterocycles. The fourth-order valence-electron chi connectivity index (χ4n) is 3.10. The van der Waals surface area contributed by atoms with E-state index < -0.39 is 0 Å². The van der Waals surface area contributed by atoms with Gasteiger partial charge in [0, 0.05) is 16.3 Å². The Balaban J connectivity index is 1.60. The van der Waals surface area contributed by atoms with Crippen molar-refractivity contribution < 1.29 is 0 Å². The van der Waals surface area contributed by atoms with Crippen LogP contribution in [0.5, 0.6) is 0 Å². The predicted octanol–water partition coefficient (Wildman–Crippen LogP) is 4.28. The average Bonchev–Trinajstić information content (AvgIpc) is 3.12. The quantitative estimate of drug-likeness (QED) is 0.502. The molecule has 4 aromatic rings. The van der Waals surface area contributed by atoms with Gasteiger partial charge in [-0.1, -0.05) is 54.2 Å². The van der Waals surface area contributed by atoms with Crippen molar-refractivity contribution in [2.24, 2.45) is 0 Å². The summed E-state index contributed by atoms with van der Waals surface area (Å²) in [5.74, 6) is 0. The van der Waals surface area contributed by atoms with Crippen molar-refractivity contribution in [3.05, 3.63) is 82.7 Å². The van der Waals surface area contributed by atoms with Crippen LogP contribution in [0.3, 0.4) is 0 Å². The smallest absolute Gasteiger partial charge is 0.168 e. The molecule has 0 fully saturated rings. The molecule has 5 nitrogen and oxygen atoms in total. The molecule has 0 bridgehead atoms. The minimum atomic E-state index is 0.338. The highest BCUT2D eigenvalue weighted by Gasteiger charge is 2.11. The maximum absolute atomic E-state index is 8.54. The zero-order valence-corrected chi connectivity index (χ0v) is 16.8. The van der Waals surface area contributed by atoms with E-state index in [9.17, 15) is 0 Å². The first-order valence-electron chi connectivity index (χ1n) is 8.83. The fourth-order valence-corrected chi connectivity index (χ4v) is 3.70. The first-order valence-corrected chi connectivity index (χ1v) is 9.61. The lowest BCUT2D eigenvalue weighted by Crippen LogP contribution is -2.25. The van der Waals surface area contributed by atoms with Gasteiger partial charge >= 0.3 is 0 Å². The summed E-state index contributed by atoms with van der Waals surface area (Å²) in [6.07, 6.45) is 3.91. The normalized spacial score (nSPS) is 11.1. The third kappa shape index (κ3) is 3.61. The molecule has 0 spiro atoms. The van der Waals surface area contributed by atoms with Gasteiger partial charge in [0.05, 0.1) is 30.1 Å². The van der Waals surface area contributed by atoms with Gasteiger partial charge in [0.15, 0.2) is 5.65 Å². The van der Waals surface area contributed by atoms with Gasteiger partial charge in [0.2, 0.25) is 0 Å². The van der Waals surface area contributed by atoms with E-state index in [4.69, 9.17) is 29.2 Å². The molecule has 4 rings (SSSR count). The SMILES string of the molecule is Cc1ccc(CC(=S)Cn2cnc3c(cnn3-c3ccccc3)c2=N)c(Cl)c1. The highest BCUT2D eigenvalue weighted by atomic mass is 35.5. The molecule has 2 heterocycles. The fraction of sp³-hybridized carbons (Fsp3) is 0.143. The summed E-state index contributed by atoms with van der Waals surface area (Å²) in [5, 5.41) is 14.3. The largest absolute Gasteiger partial charge is 0.312 e. The molecule has 0 aliphatic rings. The lowest BCUT2D eigenvalue weighted by Gasteiger charge is -2.10. The van der Waals surface area contributed by atoms with Crippen molar-refractivity contribution in [2.45, 2.75) is 19.9 Å². The number of aromatic nitrogens is 4. The van der Waals surface area contributed by atoms with Crippen molar-refractivity contribution in [3.8, 4) is 5.69 Å². The van der Waals surface area contributed by atoms with E-state index in [1.807, 2.05) is 55.5 Å². The second-order valence-corrected chi connectivity index (χ2v) is 7.65. The molecular formula is C21H18ClN5S. The summed E-state index contributed by atoms with van der Waals surface area (Å²) in [7, 11) is 0. The van der Waals surface area contributed by atoms with Crippen LogP contribution in [0, 0.1) is 12.3 Å². The topological polar surface area (TPSA) is 59.5 Å². The van der Waals surface area contributed by atoms with Crippen LogP contribution >= 0.6 is 23.8 Å². The minimum Gasteiger partial charge on any atom is -0.312 e. The summed E-state index contributed by atoms with van der Waals surface area (Å²) in [5.41, 5.74) is 4.01. The zero-order valence-electron chi connectivity index (χ0n) is 15.3. The summed E-state index contributed by atoms with van der Waals surface area (Å²) in [4.78, 5) is 5.32. The van der Waals surface area contributed by atoms with E-state index in [-0.39, 0.29) is 0 Å². The molecule has 0 atom stereocenters. The Morgan fingerprint density at radius 3 is 2.71 bits per heavy atom. The predicted molar refractivity (Wildman–Crippen MR) is 115 cm³/mol. The molecule has 1 N–H and O–H groups in total. The number of para-hydroxylation sites is 1. The second-order valence-electron chi connectivity index (χ2n) is 6.66. The van der Waals surface area contributed by atoms with E-state index in [2.05, 4.69) is 10.1 Å². The van der Waals surface area contributed by atoms with Gasteiger partial charge in [-0.2, -0.15) is 5.10 Å². The number of thiocarbonyl (C=S) groups is 1. The molecule has 0 unspecified atom stereocenters. The van der Waals surface area contributed by atoms with E-state index in [0.29, 0.717) is 29.5 Å². The number of rotatable bonds is 5. The molecular weight excluding hydrogens is 390 g/mol. The number of benzene rings is 2. The third-order valence-corrected chi connectivity index (χ3v) is 5.17. The summed E-state index contributed by atoms with van der Waals surface area (Å²) in [6, 6.07) is 15.7. The Morgan fingerprint density at radius 2 is 1.96 bits per heavy atom. The minimum absolute atomic E-state index is 0.338. The van der Waals surface area contributed by atoms with Crippen molar-refractivity contribution >= 4 is 39.7 Å². The van der Waals surface area contributed by atoms with Gasteiger partial charge in [-0.05, 0) is 36.2 Å². The summed E-state index contributed by atoms with van der Waals surface area (Å²) < 4.78 is 3.48. The summed E-state index contributed by atoms with van der Waals surface area (Å²) >= 11 is 11.9. The highest BCUT2D eigenvalue weighted by Crippen LogP contribution is 2.19. The van der Waals surface area contributed by atoms with Crippen LogP contribution in [0.2, 0.25) is 5.02 Å². The number of fused-ring (bicyclic) bond motifs is 1. The molecule has 0 amide bonds. The van der Waals surface area contributed by atoms with Gasteiger partial charge in [0.1, 0.15) is 5.49 Å². The van der Waals surface area contributed by atoms with E-state index in [0.717, 1.165) is 26.7 Å². The molecule has 7 heteroatoms. The van der Waals surface area contributed by atoms with Crippen LogP contribution in [0.1, 0.15) is 11.1 Å². The van der Waals surface area contributed by atoms with Crippen LogP contribution in [-0.4, -0.2) is 24.2 Å². The van der Waals surface area contributed by atoms with Crippen LogP contribution in [0.15, 0.2) is 61.1 Å². The highest BCUT2D eigenvalue weighted by molar-refractivity contribution is 7.80. The van der Waals surface area contributed by atoms with E-state index >= 15 is 0 Å². The molecule has 0 saturated heterocycles. The Hall–Kier alpha value is -2.83. The average molecular weight is 408 g/mol. The van der Waals surface area contributed by atoms with Crippen molar-refractivity contribution in [3.63, 3.8) is 0 Å². The maximum atomic E-state index is 8.54. The van der Waals surface area contributed by atoms with Gasteiger partial charge in [0.25, 0.3) is 0 Å². The number of hydrogen-bond acceptors (Lipinski definition) is 4. The van der Waals surface area contributed by atoms with Gasteiger partial charge in [-0.25, -0.2) is 9.67 Å². The Bertz CT molecular complexity index is 1230. The molecule has 0 radical (unpaired) electrons. The molecule has 140 valence electrons. The summed E-state index contributed by atoms with van der Waals surface area (Å²) in [6.45, 7) is 2.44. The molecule has 28 heavy (non-hydrogen) atoms. The van der Waals surface area contributed by atoms with Crippen LogP contribution in [-0.2, 0) is 13.0 Å². The van der Waals surface area contributed by atoms with Gasteiger partial charge < -0.3 is 4.57 Å². The van der Waals surface area contributed by atoms with E-state index in [1.165, 1.54) is 0 Å². The lowest BCUT2D eigenvalue weighted by molar-refractivity contribution is 0.758. The van der Waals surface area contributed by atoms with Crippen molar-refractivity contribution in [1.82, 2.24) is 19.3 Å².